The van der Waals surface area contributed by atoms with Crippen molar-refractivity contribution in [3.8, 4) is 0 Å². The van der Waals surface area contributed by atoms with Crippen LogP contribution in [0.5, 0.6) is 0 Å². The Hall–Kier alpha value is -1.09. The maximum Gasteiger partial charge on any atom is 0.330 e. The highest BCUT2D eigenvalue weighted by molar-refractivity contribution is 7.10. The largest absolute Gasteiger partial charge is 0.462 e. The molecule has 1 aromatic rings. The first-order chi connectivity index (χ1) is 6.68. The van der Waals surface area contributed by atoms with Gasteiger partial charge < -0.3 is 4.74 Å². The highest BCUT2D eigenvalue weighted by Gasteiger charge is 1.99. The van der Waals surface area contributed by atoms with E-state index in [-0.39, 0.29) is 5.97 Å². The van der Waals surface area contributed by atoms with Crippen LogP contribution in [0.4, 0.5) is 0 Å². The van der Waals surface area contributed by atoms with Crippen LogP contribution in [-0.4, -0.2) is 12.6 Å². The maximum atomic E-state index is 11.1. The van der Waals surface area contributed by atoms with Crippen LogP contribution in [0.3, 0.4) is 0 Å². The minimum Gasteiger partial charge on any atom is -0.462 e. The van der Waals surface area contributed by atoms with Gasteiger partial charge in [0.05, 0.1) is 6.61 Å². The zero-order valence-corrected chi connectivity index (χ0v) is 9.21. The van der Waals surface area contributed by atoms with E-state index in [9.17, 15) is 4.79 Å². The predicted molar refractivity (Wildman–Crippen MR) is 59.2 cm³/mol. The molecule has 0 unspecified atom stereocenters. The minimum atomic E-state index is -0.271. The molecule has 1 rings (SSSR count). The number of hydrogen-bond donors (Lipinski definition) is 0. The summed E-state index contributed by atoms with van der Waals surface area (Å²) in [7, 11) is 0. The van der Waals surface area contributed by atoms with Gasteiger partial charge in [-0.15, -0.1) is 11.3 Å². The zero-order valence-electron chi connectivity index (χ0n) is 8.40. The van der Waals surface area contributed by atoms with E-state index in [4.69, 9.17) is 4.74 Å². The SMILES string of the molecule is CC(C)COC(=O)/C=C/c1cccs1. The van der Waals surface area contributed by atoms with Gasteiger partial charge in [-0.3, -0.25) is 0 Å². The predicted octanol–water partition coefficient (Wildman–Crippen LogP) is 2.96. The summed E-state index contributed by atoms with van der Waals surface area (Å²) in [6.45, 7) is 4.50. The molecule has 0 radical (unpaired) electrons. The van der Waals surface area contributed by atoms with E-state index in [1.54, 1.807) is 17.4 Å². The summed E-state index contributed by atoms with van der Waals surface area (Å²) < 4.78 is 4.98. The number of hydrogen-bond acceptors (Lipinski definition) is 3. The van der Waals surface area contributed by atoms with Crippen LogP contribution in [0.1, 0.15) is 18.7 Å². The number of carbonyl (C=O) groups is 1. The van der Waals surface area contributed by atoms with Crippen molar-refractivity contribution >= 4 is 23.4 Å². The second kappa shape index (κ2) is 5.60. The van der Waals surface area contributed by atoms with E-state index in [2.05, 4.69) is 0 Å². The first-order valence-corrected chi connectivity index (χ1v) is 5.45. The molecule has 0 bridgehead atoms. The van der Waals surface area contributed by atoms with Crippen LogP contribution < -0.4 is 0 Å². The van der Waals surface area contributed by atoms with E-state index in [0.717, 1.165) is 4.88 Å². The lowest BCUT2D eigenvalue weighted by atomic mass is 10.2. The summed E-state index contributed by atoms with van der Waals surface area (Å²) in [4.78, 5) is 12.2. The fourth-order valence-corrected chi connectivity index (χ4v) is 1.45. The molecule has 14 heavy (non-hydrogen) atoms. The van der Waals surface area contributed by atoms with E-state index in [0.29, 0.717) is 12.5 Å². The number of thiophene rings is 1. The van der Waals surface area contributed by atoms with Gasteiger partial charge in [0, 0.05) is 11.0 Å². The van der Waals surface area contributed by atoms with Gasteiger partial charge >= 0.3 is 5.97 Å². The summed E-state index contributed by atoms with van der Waals surface area (Å²) in [6.07, 6.45) is 3.24. The van der Waals surface area contributed by atoms with Crippen LogP contribution >= 0.6 is 11.3 Å². The molecule has 0 spiro atoms. The topological polar surface area (TPSA) is 26.3 Å². The molecule has 0 aliphatic heterocycles. The number of esters is 1. The van der Waals surface area contributed by atoms with Crippen LogP contribution in [-0.2, 0) is 9.53 Å². The molecule has 0 fully saturated rings. The van der Waals surface area contributed by atoms with Crippen molar-refractivity contribution in [3.63, 3.8) is 0 Å². The Kier molecular flexibility index (Phi) is 4.40. The minimum absolute atomic E-state index is 0.271. The average molecular weight is 210 g/mol. The van der Waals surface area contributed by atoms with Crippen LogP contribution in [0.25, 0.3) is 6.08 Å². The van der Waals surface area contributed by atoms with Gasteiger partial charge in [-0.05, 0) is 23.4 Å². The summed E-state index contributed by atoms with van der Waals surface area (Å²) in [5.41, 5.74) is 0. The fourth-order valence-electron chi connectivity index (χ4n) is 0.833. The third kappa shape index (κ3) is 4.23. The summed E-state index contributed by atoms with van der Waals surface area (Å²) in [5.74, 6) is 0.112. The van der Waals surface area contributed by atoms with E-state index >= 15 is 0 Å². The number of ether oxygens (including phenoxy) is 1. The fraction of sp³-hybridized carbons (Fsp3) is 0.364. The van der Waals surface area contributed by atoms with Crippen LogP contribution in [0.2, 0.25) is 0 Å². The standard InChI is InChI=1S/C11H14O2S/c1-9(2)8-13-11(12)6-5-10-4-3-7-14-10/h3-7,9H,8H2,1-2H3/b6-5+. The average Bonchev–Trinajstić information content (AvgIpc) is 2.63. The molecular formula is C11H14O2S. The molecule has 0 saturated carbocycles. The third-order valence-electron chi connectivity index (χ3n) is 1.49. The Labute approximate surface area is 88.2 Å². The van der Waals surface area contributed by atoms with Crippen LogP contribution in [0, 0.1) is 5.92 Å². The highest BCUT2D eigenvalue weighted by atomic mass is 32.1. The van der Waals surface area contributed by atoms with E-state index in [1.165, 1.54) is 6.08 Å². The zero-order chi connectivity index (χ0) is 10.4. The molecule has 1 heterocycles. The Balaban J connectivity index is 2.34. The van der Waals surface area contributed by atoms with Crippen molar-refractivity contribution in [2.75, 3.05) is 6.61 Å². The van der Waals surface area contributed by atoms with Crippen molar-refractivity contribution in [2.45, 2.75) is 13.8 Å². The number of rotatable bonds is 4. The third-order valence-corrected chi connectivity index (χ3v) is 2.32. The van der Waals surface area contributed by atoms with E-state index < -0.39 is 0 Å². The molecule has 0 aliphatic rings. The highest BCUT2D eigenvalue weighted by Crippen LogP contribution is 2.10. The first kappa shape index (κ1) is 11.0. The van der Waals surface area contributed by atoms with Crippen molar-refractivity contribution in [3.05, 3.63) is 28.5 Å². The summed E-state index contributed by atoms with van der Waals surface area (Å²) in [6, 6.07) is 3.90. The van der Waals surface area contributed by atoms with Crippen molar-refractivity contribution in [2.24, 2.45) is 5.92 Å². The van der Waals surface area contributed by atoms with Gasteiger partial charge in [0.2, 0.25) is 0 Å². The molecule has 3 heteroatoms. The normalized spacial score (nSPS) is 11.1. The molecule has 0 aromatic carbocycles. The summed E-state index contributed by atoms with van der Waals surface area (Å²) in [5, 5.41) is 1.97. The van der Waals surface area contributed by atoms with Gasteiger partial charge in [0.15, 0.2) is 0 Å². The molecule has 0 aliphatic carbocycles. The molecular weight excluding hydrogens is 196 g/mol. The van der Waals surface area contributed by atoms with Crippen molar-refractivity contribution in [1.29, 1.82) is 0 Å². The molecule has 1 aromatic heterocycles. The van der Waals surface area contributed by atoms with Gasteiger partial charge in [-0.1, -0.05) is 19.9 Å². The first-order valence-electron chi connectivity index (χ1n) is 4.57. The monoisotopic (exact) mass is 210 g/mol. The van der Waals surface area contributed by atoms with Gasteiger partial charge in [-0.2, -0.15) is 0 Å². The lowest BCUT2D eigenvalue weighted by Gasteiger charge is -2.03. The Morgan fingerprint density at radius 1 is 1.64 bits per heavy atom. The molecule has 0 saturated heterocycles. The molecule has 2 nitrogen and oxygen atoms in total. The van der Waals surface area contributed by atoms with Crippen LogP contribution in [0.15, 0.2) is 23.6 Å². The summed E-state index contributed by atoms with van der Waals surface area (Å²) >= 11 is 1.59. The van der Waals surface area contributed by atoms with E-state index in [1.807, 2.05) is 31.4 Å². The lowest BCUT2D eigenvalue weighted by molar-refractivity contribution is -0.138. The lowest BCUT2D eigenvalue weighted by Crippen LogP contribution is -2.06. The number of carbonyl (C=O) groups excluding carboxylic acids is 1. The molecule has 0 atom stereocenters. The molecule has 0 amide bonds. The second-order valence-electron chi connectivity index (χ2n) is 3.37. The second-order valence-corrected chi connectivity index (χ2v) is 4.35. The van der Waals surface area contributed by atoms with Gasteiger partial charge in [0.25, 0.3) is 0 Å². The van der Waals surface area contributed by atoms with Gasteiger partial charge in [-0.25, -0.2) is 4.79 Å². The maximum absolute atomic E-state index is 11.1. The molecule has 0 N–H and O–H groups in total. The van der Waals surface area contributed by atoms with Gasteiger partial charge in [0.1, 0.15) is 0 Å². The quantitative estimate of drug-likeness (QED) is 0.564. The smallest absolute Gasteiger partial charge is 0.330 e. The Morgan fingerprint density at radius 3 is 3.00 bits per heavy atom. The van der Waals surface area contributed by atoms with Crippen molar-refractivity contribution < 1.29 is 9.53 Å². The Morgan fingerprint density at radius 2 is 2.43 bits per heavy atom. The Bertz CT molecular complexity index is 299. The van der Waals surface area contributed by atoms with Crippen molar-refractivity contribution in [1.82, 2.24) is 0 Å². The molecule has 76 valence electrons.